The van der Waals surface area contributed by atoms with Gasteiger partial charge in [-0.2, -0.15) is 5.26 Å². The highest BCUT2D eigenvalue weighted by atomic mass is 32.2. The fourth-order valence-electron chi connectivity index (χ4n) is 2.52. The number of hydrogen-bond acceptors (Lipinski definition) is 6. The molecule has 2 aliphatic heterocycles. The number of methoxy groups -OCH3 is 1. The smallest absolute Gasteiger partial charge is 0.114 e. The molecule has 0 aliphatic carbocycles. The van der Waals surface area contributed by atoms with E-state index in [4.69, 9.17) is 14.7 Å². The summed E-state index contributed by atoms with van der Waals surface area (Å²) in [5.41, 5.74) is 0.660. The van der Waals surface area contributed by atoms with Gasteiger partial charge in [0.1, 0.15) is 18.3 Å². The van der Waals surface area contributed by atoms with Crippen LogP contribution in [-0.4, -0.2) is 47.0 Å². The molecular formula is C14H15NO3S2. The number of thioether (sulfide) groups is 2. The molecule has 6 heteroatoms. The van der Waals surface area contributed by atoms with Crippen LogP contribution in [0.5, 0.6) is 0 Å². The van der Waals surface area contributed by atoms with E-state index in [2.05, 4.69) is 6.07 Å². The summed E-state index contributed by atoms with van der Waals surface area (Å²) in [6, 6.07) is 9.64. The first-order valence-corrected chi connectivity index (χ1v) is 8.30. The van der Waals surface area contributed by atoms with Crippen molar-refractivity contribution < 1.29 is 14.6 Å². The van der Waals surface area contributed by atoms with Gasteiger partial charge in [-0.05, 0) is 24.3 Å². The minimum absolute atomic E-state index is 0.0978. The standard InChI is InChI=1S/C14H15NO3S2/c1-17-12-11(16)10-7-19-14(13(12)18-10)20-9-4-2-8(6-15)3-5-9/h2-5,10-14,16H,7H2,1H3/t10-,11-,12+,13+,14+/m1/s1. The van der Waals surface area contributed by atoms with Crippen LogP contribution in [0.2, 0.25) is 0 Å². The maximum absolute atomic E-state index is 10.1. The van der Waals surface area contributed by atoms with Crippen LogP contribution >= 0.6 is 23.5 Å². The molecule has 0 spiro atoms. The van der Waals surface area contributed by atoms with Gasteiger partial charge in [-0.3, -0.25) is 0 Å². The molecule has 1 N–H and O–H groups in total. The van der Waals surface area contributed by atoms with Crippen LogP contribution in [0, 0.1) is 11.3 Å². The Morgan fingerprint density at radius 2 is 2.20 bits per heavy atom. The largest absolute Gasteiger partial charge is 0.388 e. The van der Waals surface area contributed by atoms with Crippen molar-refractivity contribution in [3.63, 3.8) is 0 Å². The van der Waals surface area contributed by atoms with Gasteiger partial charge in [0.15, 0.2) is 0 Å². The summed E-state index contributed by atoms with van der Waals surface area (Å²) < 4.78 is 11.5. The molecule has 4 nitrogen and oxygen atoms in total. The fourth-order valence-corrected chi connectivity index (χ4v) is 5.34. The van der Waals surface area contributed by atoms with Gasteiger partial charge in [0, 0.05) is 17.8 Å². The molecule has 1 aromatic carbocycles. The van der Waals surface area contributed by atoms with Crippen LogP contribution < -0.4 is 0 Å². The lowest BCUT2D eigenvalue weighted by molar-refractivity contribution is -0.00448. The van der Waals surface area contributed by atoms with Crippen molar-refractivity contribution in [3.8, 4) is 6.07 Å². The van der Waals surface area contributed by atoms with Crippen molar-refractivity contribution in [1.29, 1.82) is 5.26 Å². The van der Waals surface area contributed by atoms with Crippen molar-refractivity contribution in [2.45, 2.75) is 33.9 Å². The molecule has 0 saturated carbocycles. The van der Waals surface area contributed by atoms with E-state index in [-0.39, 0.29) is 22.9 Å². The number of nitrogens with zero attached hydrogens (tertiary/aromatic N) is 1. The van der Waals surface area contributed by atoms with Crippen molar-refractivity contribution in [1.82, 2.24) is 0 Å². The molecule has 0 unspecified atom stereocenters. The molecule has 0 radical (unpaired) electrons. The number of aliphatic hydroxyl groups excluding tert-OH is 1. The molecule has 5 atom stereocenters. The average molecular weight is 309 g/mol. The number of nitriles is 1. The Morgan fingerprint density at radius 1 is 1.45 bits per heavy atom. The van der Waals surface area contributed by atoms with Gasteiger partial charge in [0.2, 0.25) is 0 Å². The molecule has 2 fully saturated rings. The first-order chi connectivity index (χ1) is 9.72. The minimum atomic E-state index is -0.538. The summed E-state index contributed by atoms with van der Waals surface area (Å²) in [5.74, 6) is 0.783. The van der Waals surface area contributed by atoms with Gasteiger partial charge in [0.25, 0.3) is 0 Å². The summed E-state index contributed by atoms with van der Waals surface area (Å²) in [6.07, 6.45) is -1.01. The molecule has 2 aliphatic rings. The molecule has 2 heterocycles. The molecule has 0 amide bonds. The first-order valence-electron chi connectivity index (χ1n) is 6.37. The van der Waals surface area contributed by atoms with Gasteiger partial charge in [-0.15, -0.1) is 23.5 Å². The van der Waals surface area contributed by atoms with Crippen LogP contribution in [0.4, 0.5) is 0 Å². The highest BCUT2D eigenvalue weighted by Crippen LogP contribution is 2.45. The summed E-state index contributed by atoms with van der Waals surface area (Å²) in [6.45, 7) is 0. The third kappa shape index (κ3) is 2.57. The molecule has 1 aromatic rings. The summed E-state index contributed by atoms with van der Waals surface area (Å²) in [5, 5.41) is 18.9. The molecule has 3 rings (SSSR count). The van der Waals surface area contributed by atoms with Crippen molar-refractivity contribution in [2.24, 2.45) is 0 Å². The normalized spacial score (nSPS) is 35.8. The average Bonchev–Trinajstić information content (AvgIpc) is 2.75. The third-order valence-electron chi connectivity index (χ3n) is 3.57. The van der Waals surface area contributed by atoms with Crippen LogP contribution in [0.1, 0.15) is 5.56 Å². The third-order valence-corrected chi connectivity index (χ3v) is 6.43. The number of aliphatic hydroxyl groups is 1. The van der Waals surface area contributed by atoms with E-state index in [0.29, 0.717) is 5.56 Å². The second kappa shape index (κ2) is 5.96. The molecule has 0 aromatic heterocycles. The Bertz CT molecular complexity index is 516. The monoisotopic (exact) mass is 309 g/mol. The molecular weight excluding hydrogens is 294 g/mol. The van der Waals surface area contributed by atoms with Crippen molar-refractivity contribution >= 4 is 23.5 Å². The van der Waals surface area contributed by atoms with Crippen molar-refractivity contribution in [3.05, 3.63) is 29.8 Å². The quantitative estimate of drug-likeness (QED) is 0.919. The lowest BCUT2D eigenvalue weighted by Crippen LogP contribution is -2.36. The Kier molecular flexibility index (Phi) is 4.24. The molecule has 2 saturated heterocycles. The molecule has 20 heavy (non-hydrogen) atoms. The first kappa shape index (κ1) is 14.2. The molecule has 106 valence electrons. The van der Waals surface area contributed by atoms with E-state index in [1.807, 2.05) is 24.3 Å². The Morgan fingerprint density at radius 3 is 2.85 bits per heavy atom. The number of hydrogen-bond donors (Lipinski definition) is 1. The van der Waals surface area contributed by atoms with E-state index in [1.165, 1.54) is 0 Å². The zero-order chi connectivity index (χ0) is 14.1. The number of benzene rings is 1. The van der Waals surface area contributed by atoms with Gasteiger partial charge >= 0.3 is 0 Å². The zero-order valence-electron chi connectivity index (χ0n) is 10.9. The summed E-state index contributed by atoms with van der Waals surface area (Å²) >= 11 is 3.50. The number of rotatable bonds is 3. The highest BCUT2D eigenvalue weighted by Gasteiger charge is 2.51. The van der Waals surface area contributed by atoms with E-state index < -0.39 is 6.10 Å². The predicted molar refractivity (Wildman–Crippen MR) is 78.7 cm³/mol. The number of ether oxygens (including phenoxy) is 2. The summed E-state index contributed by atoms with van der Waals surface area (Å²) in [4.78, 5) is 1.10. The van der Waals surface area contributed by atoms with Crippen LogP contribution in [0.25, 0.3) is 0 Å². The second-order valence-electron chi connectivity index (χ2n) is 4.79. The van der Waals surface area contributed by atoms with Gasteiger partial charge in [0.05, 0.1) is 22.3 Å². The Balaban J connectivity index is 1.72. The highest BCUT2D eigenvalue weighted by molar-refractivity contribution is 8.17. The maximum atomic E-state index is 10.1. The van der Waals surface area contributed by atoms with E-state index >= 15 is 0 Å². The van der Waals surface area contributed by atoms with Crippen LogP contribution in [0.15, 0.2) is 29.2 Å². The topological polar surface area (TPSA) is 62.5 Å². The number of fused-ring (bicyclic) bond motifs is 2. The Hall–Kier alpha value is -0.710. The molecule has 2 bridgehead atoms. The minimum Gasteiger partial charge on any atom is -0.388 e. The van der Waals surface area contributed by atoms with E-state index in [1.54, 1.807) is 30.6 Å². The van der Waals surface area contributed by atoms with Gasteiger partial charge < -0.3 is 14.6 Å². The summed E-state index contributed by atoms with van der Waals surface area (Å²) in [7, 11) is 1.62. The van der Waals surface area contributed by atoms with Crippen LogP contribution in [0.3, 0.4) is 0 Å². The van der Waals surface area contributed by atoms with Crippen molar-refractivity contribution in [2.75, 3.05) is 12.9 Å². The zero-order valence-corrected chi connectivity index (χ0v) is 12.6. The lowest BCUT2D eigenvalue weighted by Gasteiger charge is -2.29. The van der Waals surface area contributed by atoms with E-state index in [9.17, 15) is 5.11 Å². The Labute approximate surface area is 126 Å². The predicted octanol–water partition coefficient (Wildman–Crippen LogP) is 1.87. The van der Waals surface area contributed by atoms with Gasteiger partial charge in [-0.25, -0.2) is 0 Å². The maximum Gasteiger partial charge on any atom is 0.114 e. The fraction of sp³-hybridized carbons (Fsp3) is 0.500. The van der Waals surface area contributed by atoms with E-state index in [0.717, 1.165) is 10.6 Å². The van der Waals surface area contributed by atoms with Crippen LogP contribution in [-0.2, 0) is 9.47 Å². The SMILES string of the molecule is CO[C@H]1[C@H](O)[C@H]2CS[C@@H](Sc3ccc(C#N)cc3)[C@H]1O2. The lowest BCUT2D eigenvalue weighted by atomic mass is 10.1. The van der Waals surface area contributed by atoms with Gasteiger partial charge in [-0.1, -0.05) is 0 Å². The second-order valence-corrected chi connectivity index (χ2v) is 7.47.